The van der Waals surface area contributed by atoms with Crippen molar-refractivity contribution in [2.45, 2.75) is 46.0 Å². The molecule has 444 valence electrons. The van der Waals surface area contributed by atoms with E-state index in [1.165, 1.54) is 36.8 Å². The van der Waals surface area contributed by atoms with Gasteiger partial charge < -0.3 is 14.9 Å². The lowest BCUT2D eigenvalue weighted by atomic mass is 10.1. The number of ether oxygens (including phenoxy) is 1. The van der Waals surface area contributed by atoms with E-state index >= 15 is 0 Å². The quantitative estimate of drug-likeness (QED) is 0.0332. The highest BCUT2D eigenvalue weighted by Crippen LogP contribution is 2.26. The number of aryl methyl sites for hydroxylation is 2. The van der Waals surface area contributed by atoms with Gasteiger partial charge >= 0.3 is 36.1 Å². The number of pyridine rings is 1. The molecule has 5 aromatic rings. The van der Waals surface area contributed by atoms with Crippen LogP contribution in [0.15, 0.2) is 122 Å². The molecule has 1 aromatic heterocycles. The molecule has 15 amide bonds. The number of benzene rings is 4. The van der Waals surface area contributed by atoms with Crippen LogP contribution in [0, 0.1) is 26.2 Å². The fourth-order valence-corrected chi connectivity index (χ4v) is 8.42. The van der Waals surface area contributed by atoms with Gasteiger partial charge in [-0.25, -0.2) is 28.8 Å². The average Bonchev–Trinajstić information content (AvgIpc) is 3.64. The zero-order chi connectivity index (χ0) is 62.6. The number of urea groups is 5. The van der Waals surface area contributed by atoms with Gasteiger partial charge in [-0.15, -0.1) is 6.42 Å². The van der Waals surface area contributed by atoms with E-state index in [2.05, 4.69) is 50.6 Å². The number of carboxylic acid groups (broad SMARTS) is 1. The topological polar surface area (TPSA) is 344 Å². The van der Waals surface area contributed by atoms with Crippen LogP contribution < -0.4 is 55.8 Å². The summed E-state index contributed by atoms with van der Waals surface area (Å²) in [5.74, 6) is 0.692. The van der Waals surface area contributed by atoms with Crippen LogP contribution in [0.4, 0.5) is 52.4 Å². The summed E-state index contributed by atoms with van der Waals surface area (Å²) in [5.41, 5.74) is 6.41. The number of aldehydes is 1. The van der Waals surface area contributed by atoms with Crippen LogP contribution in [0.1, 0.15) is 75.2 Å². The normalized spacial score (nSPS) is 15.5. The van der Waals surface area contributed by atoms with Crippen LogP contribution in [0.5, 0.6) is 5.75 Å². The molecule has 0 radical (unpaired) electrons. The first kappa shape index (κ1) is 63.7. The predicted octanol–water partition coefficient (Wildman–Crippen LogP) is 6.26. The van der Waals surface area contributed by atoms with E-state index in [4.69, 9.17) is 16.3 Å². The number of hydrogen-bond acceptors (Lipinski definition) is 15. The van der Waals surface area contributed by atoms with Crippen molar-refractivity contribution >= 4 is 106 Å². The maximum absolute atomic E-state index is 11.7. The molecule has 0 aliphatic carbocycles. The number of terminal acetylenes is 1. The van der Waals surface area contributed by atoms with E-state index in [1.54, 1.807) is 104 Å². The van der Waals surface area contributed by atoms with Gasteiger partial charge in [-0.3, -0.25) is 84.8 Å². The number of aliphatic hydroxyl groups excluding tert-OH is 1. The van der Waals surface area contributed by atoms with Gasteiger partial charge in [-0.1, -0.05) is 49.4 Å². The molecule has 5 aliphatic heterocycles. The number of imide groups is 5. The van der Waals surface area contributed by atoms with E-state index < -0.39 is 36.1 Å². The molecule has 6 heterocycles. The van der Waals surface area contributed by atoms with Crippen LogP contribution in [0.3, 0.4) is 0 Å². The molecular weight excluding hydrogens is 1110 g/mol. The van der Waals surface area contributed by atoms with Gasteiger partial charge in [0.2, 0.25) is 29.5 Å². The van der Waals surface area contributed by atoms with Crippen molar-refractivity contribution in [3.8, 4) is 18.1 Å². The Labute approximate surface area is 492 Å². The maximum atomic E-state index is 11.7. The van der Waals surface area contributed by atoms with Crippen LogP contribution in [-0.2, 0) is 24.0 Å². The number of aromatic nitrogens is 1. The Hall–Kier alpha value is -11.5. The number of amides is 15. The van der Waals surface area contributed by atoms with Crippen molar-refractivity contribution in [1.29, 1.82) is 0 Å². The lowest BCUT2D eigenvalue weighted by molar-refractivity contribution is -0.121. The molecule has 26 nitrogen and oxygen atoms in total. The van der Waals surface area contributed by atoms with E-state index in [1.807, 2.05) is 6.92 Å². The first-order valence-electron chi connectivity index (χ1n) is 26.3. The van der Waals surface area contributed by atoms with Crippen molar-refractivity contribution in [1.82, 2.24) is 31.6 Å². The highest BCUT2D eigenvalue weighted by atomic mass is 16.5. The Kier molecular flexibility index (Phi) is 22.2. The number of nitrogens with zero attached hydrogens (tertiary/aromatic N) is 6. The Morgan fingerprint density at radius 2 is 1.03 bits per heavy atom. The molecule has 86 heavy (non-hydrogen) atoms. The van der Waals surface area contributed by atoms with Crippen LogP contribution >= 0.6 is 0 Å². The monoisotopic (exact) mass is 1170 g/mol. The lowest BCUT2D eigenvalue weighted by Gasteiger charge is -2.28. The van der Waals surface area contributed by atoms with E-state index in [0.717, 1.165) is 11.8 Å². The van der Waals surface area contributed by atoms with Gasteiger partial charge in [-0.05, 0) is 86.1 Å². The lowest BCUT2D eigenvalue weighted by Crippen LogP contribution is -2.49. The minimum absolute atomic E-state index is 0.000278. The summed E-state index contributed by atoms with van der Waals surface area (Å²) in [5, 5.41) is 29.3. The van der Waals surface area contributed by atoms with Crippen molar-refractivity contribution in [3.63, 3.8) is 0 Å². The second kappa shape index (κ2) is 30.0. The van der Waals surface area contributed by atoms with Crippen LogP contribution in [-0.4, -0.2) is 126 Å². The first-order valence-corrected chi connectivity index (χ1v) is 26.3. The van der Waals surface area contributed by atoms with Crippen molar-refractivity contribution in [3.05, 3.63) is 156 Å². The summed E-state index contributed by atoms with van der Waals surface area (Å²) in [4.78, 5) is 146. The van der Waals surface area contributed by atoms with Crippen molar-refractivity contribution in [2.24, 2.45) is 0 Å². The maximum Gasteiger partial charge on any atom is 0.337 e. The van der Waals surface area contributed by atoms with Gasteiger partial charge in [0, 0.05) is 117 Å². The number of hydrogen-bond donors (Lipinski definition) is 7. The summed E-state index contributed by atoms with van der Waals surface area (Å²) in [6.45, 7) is 12.6. The largest absolute Gasteiger partial charge is 0.508 e. The number of carboxylic acids is 1. The van der Waals surface area contributed by atoms with E-state index in [-0.39, 0.29) is 60.2 Å². The Morgan fingerprint density at radius 1 is 0.581 bits per heavy atom. The molecule has 0 spiro atoms. The van der Waals surface area contributed by atoms with Gasteiger partial charge in [0.15, 0.2) is 0 Å². The average molecular weight is 1170 g/mol. The second-order valence-electron chi connectivity index (χ2n) is 18.9. The minimum atomic E-state index is -1.11. The Bertz CT molecular complexity index is 3560. The summed E-state index contributed by atoms with van der Waals surface area (Å²) in [6.07, 6.45) is 10.3. The number of rotatable bonds is 11. The fourth-order valence-electron chi connectivity index (χ4n) is 8.42. The molecule has 0 unspecified atom stereocenters. The second-order valence-corrected chi connectivity index (χ2v) is 18.9. The van der Waals surface area contributed by atoms with Crippen LogP contribution in [0.25, 0.3) is 5.76 Å². The Morgan fingerprint density at radius 3 is 1.48 bits per heavy atom. The summed E-state index contributed by atoms with van der Waals surface area (Å²) >= 11 is 0. The van der Waals surface area contributed by atoms with Gasteiger partial charge in [0.05, 0.1) is 16.9 Å². The van der Waals surface area contributed by atoms with Gasteiger partial charge in [-0.2, -0.15) is 0 Å². The molecule has 26 heteroatoms. The first-order chi connectivity index (χ1) is 41.1. The molecule has 0 bridgehead atoms. The summed E-state index contributed by atoms with van der Waals surface area (Å²) < 4.78 is 5.40. The Balaban J connectivity index is 0.000000172. The van der Waals surface area contributed by atoms with E-state index in [9.17, 15) is 62.6 Å². The number of carbonyl (C=O) groups excluding carboxylic acids is 11. The zero-order valence-corrected chi connectivity index (χ0v) is 46.6. The number of aromatic carboxylic acids is 1. The molecule has 4 aromatic carbocycles. The van der Waals surface area contributed by atoms with Crippen LogP contribution in [0.2, 0.25) is 0 Å². The molecule has 7 N–H and O–H groups in total. The third-order valence-corrected chi connectivity index (χ3v) is 12.9. The number of aliphatic hydroxyl groups is 1. The van der Waals surface area contributed by atoms with Crippen molar-refractivity contribution in [2.75, 3.05) is 63.8 Å². The minimum Gasteiger partial charge on any atom is -0.508 e. The molecule has 0 atom stereocenters. The molecular formula is C60H59N11O15. The number of nitrogens with one attached hydrogen (secondary N) is 5. The number of anilines is 5. The zero-order valence-electron chi connectivity index (χ0n) is 46.6. The SMILES string of the molecule is C#Cc1cccc(N2CCC(=O)NC2=O)c1.C=C(O)c1ccc(N2CCC(=O)NC2=O)cc1.C=CCOc1cccc(N2CCC(=O)NC2=O)c1.Cc1ccc(C=O)cc1N1CCC(=O)NC1=O.Cc1ncc(C(=O)O)cc1N1CCC(=O)NC1=O. The third kappa shape index (κ3) is 17.5. The molecule has 5 saturated heterocycles. The molecule has 5 fully saturated rings. The van der Waals surface area contributed by atoms with Gasteiger partial charge in [0.25, 0.3) is 0 Å². The highest BCUT2D eigenvalue weighted by molar-refractivity contribution is 6.09. The fraction of sp³-hybridized carbons (Fsp3) is 0.217. The van der Waals surface area contributed by atoms with Gasteiger partial charge in [0.1, 0.15) is 24.4 Å². The predicted molar refractivity (Wildman–Crippen MR) is 315 cm³/mol. The highest BCUT2D eigenvalue weighted by Gasteiger charge is 2.29. The molecule has 0 saturated carbocycles. The third-order valence-electron chi connectivity index (χ3n) is 12.9. The smallest absolute Gasteiger partial charge is 0.337 e. The van der Waals surface area contributed by atoms with Crippen molar-refractivity contribution < 1.29 is 72.5 Å². The standard InChI is InChI=1S/C13H14N2O3.2C12H12N2O3.C12H10N2O2.C11H11N3O4/c1-2-8-18-11-5-3-4-10(9-11)15-7-6-12(16)14-13(15)17;1-8(15)9-2-4-10(5-3-9)14-7-6-11(16)13-12(14)17;1-8-2-3-9(7-15)6-10(8)14-5-4-11(16)13-12(14)17;1-2-9-4-3-5-10(8-9)14-7-6-11(15)13-12(14)16;1-6-8(4-7(5-12-6)10(16)17)14-3-2-9(15)13-11(14)18/h2-5,9H,1,6-8H2,(H,14,16,17);2-5,15H,1,6-7H2,(H,13,16,17);2-3,6-7H,4-5H2,1H3,(H,13,16,17);1,3-5,8H,6-7H2,(H,13,15,16);4-5H,2-3H2,1H3,(H,16,17)(H,13,15,18). The summed E-state index contributed by atoms with van der Waals surface area (Å²) in [7, 11) is 0. The summed E-state index contributed by atoms with van der Waals surface area (Å²) in [6, 6.07) is 25.3. The van der Waals surface area contributed by atoms with E-state index in [0.29, 0.717) is 109 Å². The molecule has 5 aliphatic rings. The molecule has 10 rings (SSSR count). The number of carbonyl (C=O) groups is 12.